The van der Waals surface area contributed by atoms with Crippen LogP contribution in [0, 0.1) is 0 Å². The molecule has 0 aromatic carbocycles. The third kappa shape index (κ3) is 3.45. The maximum Gasteiger partial charge on any atom is 0.191 e. The lowest BCUT2D eigenvalue weighted by Crippen LogP contribution is -2.42. The smallest absolute Gasteiger partial charge is 0.191 e. The largest absolute Gasteiger partial charge is 0.370 e. The van der Waals surface area contributed by atoms with E-state index in [1.807, 2.05) is 0 Å². The van der Waals surface area contributed by atoms with Crippen molar-refractivity contribution in [1.82, 2.24) is 4.90 Å². The highest BCUT2D eigenvalue weighted by Gasteiger charge is 2.43. The molecule has 0 aromatic heterocycles. The second-order valence-corrected chi connectivity index (χ2v) is 8.65. The normalized spacial score (nSPS) is 24.6. The van der Waals surface area contributed by atoms with Gasteiger partial charge in [-0.15, -0.1) is 0 Å². The molecule has 116 valence electrons. The molecule has 1 aliphatic carbocycles. The number of hydrogen-bond acceptors (Lipinski definition) is 3. The van der Waals surface area contributed by atoms with Crippen molar-refractivity contribution >= 4 is 15.8 Å². The van der Waals surface area contributed by atoms with E-state index in [1.165, 1.54) is 19.1 Å². The van der Waals surface area contributed by atoms with E-state index in [0.717, 1.165) is 51.6 Å². The first-order valence-corrected chi connectivity index (χ1v) is 9.58. The summed E-state index contributed by atoms with van der Waals surface area (Å²) in [7, 11) is -3.08. The van der Waals surface area contributed by atoms with Crippen molar-refractivity contribution in [1.29, 1.82) is 0 Å². The summed E-state index contributed by atoms with van der Waals surface area (Å²) in [6.45, 7) is 2.22. The minimum Gasteiger partial charge on any atom is -0.370 e. The molecule has 2 aliphatic rings. The van der Waals surface area contributed by atoms with Crippen LogP contribution < -0.4 is 5.73 Å². The topological polar surface area (TPSA) is 75.8 Å². The molecule has 0 bridgehead atoms. The van der Waals surface area contributed by atoms with E-state index >= 15 is 0 Å². The highest BCUT2D eigenvalue weighted by molar-refractivity contribution is 7.92. The van der Waals surface area contributed by atoms with Crippen molar-refractivity contribution < 1.29 is 8.42 Å². The summed E-state index contributed by atoms with van der Waals surface area (Å²) in [6, 6.07) is 0. The Bertz CT molecular complexity index is 445. The number of nitrogens with zero attached hydrogens (tertiary/aromatic N) is 2. The van der Waals surface area contributed by atoms with Crippen molar-refractivity contribution in [3.8, 4) is 0 Å². The summed E-state index contributed by atoms with van der Waals surface area (Å²) in [5.41, 5.74) is 6.08. The average Bonchev–Trinajstić information content (AvgIpc) is 2.71. The molecule has 0 radical (unpaired) electrons. The fourth-order valence-corrected chi connectivity index (χ4v) is 4.62. The lowest BCUT2D eigenvalue weighted by Gasteiger charge is -2.27. The van der Waals surface area contributed by atoms with Gasteiger partial charge in [-0.2, -0.15) is 0 Å². The first-order valence-electron chi connectivity index (χ1n) is 7.69. The molecule has 6 heteroatoms. The van der Waals surface area contributed by atoms with E-state index in [2.05, 4.69) is 9.89 Å². The maximum atomic E-state index is 12.1. The summed E-state index contributed by atoms with van der Waals surface area (Å²) in [5, 5.41) is 0. The Morgan fingerprint density at radius 2 is 1.65 bits per heavy atom. The molecule has 0 amide bonds. The number of hydrogen-bond donors (Lipinski definition) is 1. The third-order valence-corrected chi connectivity index (χ3v) is 6.87. The zero-order valence-electron chi connectivity index (χ0n) is 12.5. The molecular weight excluding hydrogens is 274 g/mol. The van der Waals surface area contributed by atoms with E-state index in [1.54, 1.807) is 0 Å². The molecular formula is C14H27N3O2S. The van der Waals surface area contributed by atoms with Gasteiger partial charge >= 0.3 is 0 Å². The van der Waals surface area contributed by atoms with Gasteiger partial charge in [-0.05, 0) is 25.7 Å². The summed E-state index contributed by atoms with van der Waals surface area (Å²) in [4.78, 5) is 6.56. The molecule has 2 rings (SSSR count). The fraction of sp³-hybridized carbons (Fsp3) is 0.929. The zero-order chi connectivity index (χ0) is 14.6. The molecule has 2 fully saturated rings. The van der Waals surface area contributed by atoms with E-state index in [4.69, 9.17) is 5.73 Å². The molecule has 0 unspecified atom stereocenters. The van der Waals surface area contributed by atoms with E-state index in [9.17, 15) is 8.42 Å². The number of nitrogens with two attached hydrogens (primary N) is 1. The van der Waals surface area contributed by atoms with E-state index in [-0.39, 0.29) is 0 Å². The number of aliphatic imine (C=N–C) groups is 1. The fourth-order valence-electron chi connectivity index (χ4n) is 3.29. The Labute approximate surface area is 122 Å². The Balaban J connectivity index is 2.06. The van der Waals surface area contributed by atoms with Crippen molar-refractivity contribution in [2.45, 2.75) is 56.1 Å². The predicted molar refractivity (Wildman–Crippen MR) is 82.6 cm³/mol. The molecule has 2 N–H and O–H groups in total. The van der Waals surface area contributed by atoms with Crippen molar-refractivity contribution in [2.75, 3.05) is 25.9 Å². The number of rotatable bonds is 3. The van der Waals surface area contributed by atoms with Crippen LogP contribution in [0.25, 0.3) is 0 Å². The lowest BCUT2D eigenvalue weighted by atomic mass is 10.1. The van der Waals surface area contributed by atoms with Gasteiger partial charge in [0.15, 0.2) is 15.8 Å². The monoisotopic (exact) mass is 301 g/mol. The van der Waals surface area contributed by atoms with Crippen LogP contribution in [0.4, 0.5) is 0 Å². The van der Waals surface area contributed by atoms with Gasteiger partial charge in [0.1, 0.15) is 0 Å². The van der Waals surface area contributed by atoms with Gasteiger partial charge in [0, 0.05) is 19.3 Å². The number of guanidine groups is 1. The van der Waals surface area contributed by atoms with Gasteiger partial charge < -0.3 is 10.6 Å². The molecule has 1 saturated heterocycles. The Morgan fingerprint density at radius 3 is 2.15 bits per heavy atom. The van der Waals surface area contributed by atoms with E-state index < -0.39 is 14.6 Å². The molecule has 5 nitrogen and oxygen atoms in total. The minimum atomic E-state index is -3.08. The Kier molecular flexibility index (Phi) is 4.94. The van der Waals surface area contributed by atoms with Crippen molar-refractivity contribution in [2.24, 2.45) is 10.7 Å². The van der Waals surface area contributed by atoms with Crippen LogP contribution in [0.1, 0.15) is 51.4 Å². The highest BCUT2D eigenvalue weighted by Crippen LogP contribution is 2.36. The van der Waals surface area contributed by atoms with Gasteiger partial charge in [-0.3, -0.25) is 4.99 Å². The van der Waals surface area contributed by atoms with Gasteiger partial charge in [0.25, 0.3) is 0 Å². The molecule has 0 aromatic rings. The predicted octanol–water partition coefficient (Wildman–Crippen LogP) is 1.53. The van der Waals surface area contributed by atoms with Crippen LogP contribution in [0.2, 0.25) is 0 Å². The van der Waals surface area contributed by atoms with Crippen LogP contribution >= 0.6 is 0 Å². The Morgan fingerprint density at radius 1 is 1.10 bits per heavy atom. The molecule has 1 heterocycles. The van der Waals surface area contributed by atoms with Crippen LogP contribution in [0.15, 0.2) is 4.99 Å². The van der Waals surface area contributed by atoms with Gasteiger partial charge in [-0.1, -0.05) is 25.7 Å². The second kappa shape index (κ2) is 6.33. The minimum absolute atomic E-state index is 0.328. The molecule has 1 aliphatic heterocycles. The van der Waals surface area contributed by atoms with Crippen LogP contribution in [-0.2, 0) is 9.84 Å². The van der Waals surface area contributed by atoms with Crippen LogP contribution in [0.5, 0.6) is 0 Å². The summed E-state index contributed by atoms with van der Waals surface area (Å²) in [6.07, 6.45) is 9.54. The first-order chi connectivity index (χ1) is 9.45. The number of likely N-dealkylation sites (tertiary alicyclic amines) is 1. The third-order valence-electron chi connectivity index (χ3n) is 4.76. The highest BCUT2D eigenvalue weighted by atomic mass is 32.2. The van der Waals surface area contributed by atoms with Crippen molar-refractivity contribution in [3.63, 3.8) is 0 Å². The zero-order valence-corrected chi connectivity index (χ0v) is 13.3. The maximum absolute atomic E-state index is 12.1. The average molecular weight is 301 g/mol. The van der Waals surface area contributed by atoms with Gasteiger partial charge in [-0.25, -0.2) is 8.42 Å². The van der Waals surface area contributed by atoms with Gasteiger partial charge in [0.2, 0.25) is 0 Å². The summed E-state index contributed by atoms with van der Waals surface area (Å²) < 4.78 is 23.5. The standard InChI is InChI=1S/C14H27N3O2S/c1-20(18,19)14(8-4-5-9-14)12-16-13(15)17-10-6-2-3-7-11-17/h2-12H2,1H3,(H2,15,16). The summed E-state index contributed by atoms with van der Waals surface area (Å²) in [5.74, 6) is 0.529. The first kappa shape index (κ1) is 15.6. The van der Waals surface area contributed by atoms with Crippen molar-refractivity contribution in [3.05, 3.63) is 0 Å². The van der Waals surface area contributed by atoms with Gasteiger partial charge in [0.05, 0.1) is 11.3 Å². The molecule has 0 spiro atoms. The van der Waals surface area contributed by atoms with Crippen LogP contribution in [0.3, 0.4) is 0 Å². The quantitative estimate of drug-likeness (QED) is 0.633. The van der Waals surface area contributed by atoms with E-state index in [0.29, 0.717) is 12.5 Å². The number of sulfone groups is 1. The second-order valence-electron chi connectivity index (χ2n) is 6.24. The summed E-state index contributed by atoms with van der Waals surface area (Å²) >= 11 is 0. The molecule has 0 atom stereocenters. The molecule has 1 saturated carbocycles. The SMILES string of the molecule is CS(=O)(=O)C1(CN=C(N)N2CCCCCC2)CCCC1. The van der Waals surface area contributed by atoms with Crippen LogP contribution in [-0.4, -0.2) is 49.9 Å². The Hall–Kier alpha value is -0.780. The lowest BCUT2D eigenvalue weighted by molar-refractivity contribution is 0.426. The molecule has 20 heavy (non-hydrogen) atoms.